The number of benzene rings is 2. The van der Waals surface area contributed by atoms with Crippen molar-refractivity contribution in [3.8, 4) is 0 Å². The fourth-order valence-corrected chi connectivity index (χ4v) is 2.11. The smallest absolute Gasteiger partial charge is 0.363 e. The molecule has 0 aliphatic carbocycles. The molecule has 8 heteroatoms. The van der Waals surface area contributed by atoms with Crippen LogP contribution in [0.25, 0.3) is 0 Å². The molecule has 0 saturated carbocycles. The maximum Gasteiger partial charge on any atom is 0.363 e. The maximum absolute atomic E-state index is 12.2. The SMILES string of the molecule is NC1=N[NH+]([O-])c2ccccc2N1OC(=O)c1ccc(Cl)cc1. The summed E-state index contributed by atoms with van der Waals surface area (Å²) in [5.41, 5.74) is 6.66. The first-order valence-electron chi connectivity index (χ1n) is 6.32. The molecular formula is C14H11ClN4O3. The van der Waals surface area contributed by atoms with Crippen LogP contribution >= 0.6 is 11.6 Å². The van der Waals surface area contributed by atoms with Gasteiger partial charge in [-0.15, -0.1) is 5.06 Å². The Hall–Kier alpha value is -2.61. The van der Waals surface area contributed by atoms with Gasteiger partial charge in [0.2, 0.25) is 0 Å². The number of halogens is 1. The average Bonchev–Trinajstić information content (AvgIpc) is 2.52. The van der Waals surface area contributed by atoms with Crippen LogP contribution < -0.4 is 16.0 Å². The Morgan fingerprint density at radius 1 is 1.23 bits per heavy atom. The molecular weight excluding hydrogens is 308 g/mol. The third kappa shape index (κ3) is 2.60. The molecule has 1 unspecified atom stereocenters. The summed E-state index contributed by atoms with van der Waals surface area (Å²) < 4.78 is 0. The minimum absolute atomic E-state index is 0.203. The predicted molar refractivity (Wildman–Crippen MR) is 81.4 cm³/mol. The Bertz CT molecular complexity index is 748. The molecule has 1 atom stereocenters. The molecule has 3 N–H and O–H groups in total. The van der Waals surface area contributed by atoms with Crippen molar-refractivity contribution in [2.45, 2.75) is 0 Å². The number of nitrogens with two attached hydrogens (primary N) is 1. The number of hydroxylamine groups is 1. The Labute approximate surface area is 130 Å². The molecule has 22 heavy (non-hydrogen) atoms. The number of quaternary nitrogens is 1. The number of guanidine groups is 1. The van der Waals surface area contributed by atoms with Crippen LogP contribution in [-0.2, 0) is 4.84 Å². The highest BCUT2D eigenvalue weighted by atomic mass is 35.5. The van der Waals surface area contributed by atoms with E-state index in [1.807, 2.05) is 0 Å². The van der Waals surface area contributed by atoms with Gasteiger partial charge in [0.15, 0.2) is 5.69 Å². The number of carbonyl (C=O) groups excluding carboxylic acids is 1. The minimum Gasteiger partial charge on any atom is -0.601 e. The van der Waals surface area contributed by atoms with Gasteiger partial charge < -0.3 is 15.8 Å². The summed E-state index contributed by atoms with van der Waals surface area (Å²) in [5, 5.41) is 16.5. The highest BCUT2D eigenvalue weighted by Gasteiger charge is 2.29. The van der Waals surface area contributed by atoms with Crippen molar-refractivity contribution in [3.05, 3.63) is 64.3 Å². The Balaban J connectivity index is 1.89. The first kappa shape index (κ1) is 14.3. The number of hydrogen-bond acceptors (Lipinski definition) is 6. The van der Waals surface area contributed by atoms with Gasteiger partial charge in [-0.2, -0.15) is 0 Å². The zero-order valence-corrected chi connectivity index (χ0v) is 11.9. The lowest BCUT2D eigenvalue weighted by atomic mass is 10.2. The van der Waals surface area contributed by atoms with Gasteiger partial charge in [-0.25, -0.2) is 9.97 Å². The summed E-state index contributed by atoms with van der Waals surface area (Å²) in [6.45, 7) is 0. The second-order valence-corrected chi connectivity index (χ2v) is 4.91. The summed E-state index contributed by atoms with van der Waals surface area (Å²) in [7, 11) is 0. The van der Waals surface area contributed by atoms with Gasteiger partial charge in [0.25, 0.3) is 5.96 Å². The van der Waals surface area contributed by atoms with Crippen LogP contribution in [0.5, 0.6) is 0 Å². The molecule has 2 aromatic carbocycles. The van der Waals surface area contributed by atoms with Gasteiger partial charge >= 0.3 is 5.97 Å². The quantitative estimate of drug-likeness (QED) is 0.811. The third-order valence-electron chi connectivity index (χ3n) is 3.03. The van der Waals surface area contributed by atoms with E-state index in [4.69, 9.17) is 22.2 Å². The number of para-hydroxylation sites is 1. The van der Waals surface area contributed by atoms with Crippen molar-refractivity contribution in [2.75, 3.05) is 5.06 Å². The van der Waals surface area contributed by atoms with Gasteiger partial charge in [-0.3, -0.25) is 0 Å². The zero-order valence-electron chi connectivity index (χ0n) is 11.2. The molecule has 0 fully saturated rings. The van der Waals surface area contributed by atoms with Crippen LogP contribution in [0.3, 0.4) is 0 Å². The molecule has 0 amide bonds. The number of nitrogens with one attached hydrogen (secondary N) is 1. The topological polar surface area (TPSA) is 95.4 Å². The second-order valence-electron chi connectivity index (χ2n) is 4.47. The zero-order chi connectivity index (χ0) is 15.7. The molecule has 2 aromatic rings. The molecule has 1 heterocycles. The molecule has 0 saturated heterocycles. The van der Waals surface area contributed by atoms with E-state index in [0.717, 1.165) is 5.06 Å². The Kier molecular flexibility index (Phi) is 3.68. The van der Waals surface area contributed by atoms with E-state index in [0.29, 0.717) is 22.0 Å². The lowest BCUT2D eigenvalue weighted by molar-refractivity contribution is -0.784. The number of rotatable bonds is 2. The molecule has 3 rings (SSSR count). The van der Waals surface area contributed by atoms with Crippen LogP contribution in [0.4, 0.5) is 11.4 Å². The molecule has 0 aromatic heterocycles. The van der Waals surface area contributed by atoms with E-state index in [1.165, 1.54) is 12.1 Å². The molecule has 1 aliphatic heterocycles. The summed E-state index contributed by atoms with van der Waals surface area (Å²) in [6, 6.07) is 12.8. The van der Waals surface area contributed by atoms with E-state index in [1.54, 1.807) is 36.4 Å². The van der Waals surface area contributed by atoms with Crippen molar-refractivity contribution in [3.63, 3.8) is 0 Å². The molecule has 0 radical (unpaired) electrons. The predicted octanol–water partition coefficient (Wildman–Crippen LogP) is 1.18. The van der Waals surface area contributed by atoms with Gasteiger partial charge in [-0.05, 0) is 35.4 Å². The highest BCUT2D eigenvalue weighted by molar-refractivity contribution is 6.30. The number of fused-ring (bicyclic) bond motifs is 1. The average molecular weight is 319 g/mol. The Morgan fingerprint density at radius 3 is 2.64 bits per heavy atom. The standard InChI is InChI=1S/C14H11ClN4O3/c15-10-7-5-9(6-8-10)13(20)22-18-11-3-1-2-4-12(11)19(21)17-14(18)16/h1-8,19H,(H2,16,17). The molecule has 7 nitrogen and oxygen atoms in total. The van der Waals surface area contributed by atoms with Crippen LogP contribution in [0.1, 0.15) is 10.4 Å². The van der Waals surface area contributed by atoms with E-state index < -0.39 is 11.1 Å². The lowest BCUT2D eigenvalue weighted by Crippen LogP contribution is -2.98. The summed E-state index contributed by atoms with van der Waals surface area (Å²) >= 11 is 5.78. The second kappa shape index (κ2) is 5.64. The van der Waals surface area contributed by atoms with Crippen molar-refractivity contribution in [2.24, 2.45) is 10.8 Å². The fourth-order valence-electron chi connectivity index (χ4n) is 1.98. The van der Waals surface area contributed by atoms with Crippen LogP contribution in [0.2, 0.25) is 5.02 Å². The summed E-state index contributed by atoms with van der Waals surface area (Å²) in [6.07, 6.45) is 0. The number of anilines is 1. The number of carbonyl (C=O) groups is 1. The molecule has 0 bridgehead atoms. The molecule has 1 aliphatic rings. The van der Waals surface area contributed by atoms with Crippen molar-refractivity contribution in [1.82, 2.24) is 0 Å². The minimum atomic E-state index is -0.640. The van der Waals surface area contributed by atoms with Crippen LogP contribution in [-0.4, -0.2) is 11.9 Å². The summed E-state index contributed by atoms with van der Waals surface area (Å²) in [5.74, 6) is -0.843. The largest absolute Gasteiger partial charge is 0.601 e. The van der Waals surface area contributed by atoms with E-state index in [2.05, 4.69) is 5.10 Å². The van der Waals surface area contributed by atoms with Crippen molar-refractivity contribution in [1.29, 1.82) is 0 Å². The lowest BCUT2D eigenvalue weighted by Gasteiger charge is -2.29. The fraction of sp³-hybridized carbons (Fsp3) is 0. The molecule has 112 valence electrons. The van der Waals surface area contributed by atoms with E-state index >= 15 is 0 Å². The van der Waals surface area contributed by atoms with Gasteiger partial charge in [0.1, 0.15) is 5.69 Å². The maximum atomic E-state index is 12.2. The van der Waals surface area contributed by atoms with Crippen molar-refractivity contribution < 1.29 is 14.8 Å². The van der Waals surface area contributed by atoms with Gasteiger partial charge in [0, 0.05) is 11.1 Å². The highest BCUT2D eigenvalue weighted by Crippen LogP contribution is 2.25. The summed E-state index contributed by atoms with van der Waals surface area (Å²) in [4.78, 5) is 17.4. The number of nitrogens with zero attached hydrogens (tertiary/aromatic N) is 2. The first-order chi connectivity index (χ1) is 10.6. The monoisotopic (exact) mass is 318 g/mol. The first-order valence-corrected chi connectivity index (χ1v) is 6.69. The number of hydrogen-bond donors (Lipinski definition) is 2. The normalized spacial score (nSPS) is 16.7. The van der Waals surface area contributed by atoms with E-state index in [9.17, 15) is 10.0 Å². The van der Waals surface area contributed by atoms with Crippen LogP contribution in [0.15, 0.2) is 53.6 Å². The van der Waals surface area contributed by atoms with Crippen LogP contribution in [0, 0.1) is 5.21 Å². The van der Waals surface area contributed by atoms with Gasteiger partial charge in [0.05, 0.1) is 5.56 Å². The Morgan fingerprint density at radius 2 is 1.91 bits per heavy atom. The van der Waals surface area contributed by atoms with Crippen molar-refractivity contribution >= 4 is 34.9 Å². The third-order valence-corrected chi connectivity index (χ3v) is 3.28. The van der Waals surface area contributed by atoms with E-state index in [-0.39, 0.29) is 5.96 Å². The molecule has 0 spiro atoms. The van der Waals surface area contributed by atoms with Gasteiger partial charge in [-0.1, -0.05) is 23.7 Å².